The van der Waals surface area contributed by atoms with Gasteiger partial charge in [0.15, 0.2) is 0 Å². The second-order valence-corrected chi connectivity index (χ2v) is 7.63. The van der Waals surface area contributed by atoms with Crippen LogP contribution in [-0.4, -0.2) is 49.7 Å². The molecule has 1 heterocycles. The number of benzene rings is 1. The fraction of sp³-hybridized carbons (Fsp3) is 0.533. The zero-order valence-corrected chi connectivity index (χ0v) is 13.0. The van der Waals surface area contributed by atoms with Crippen LogP contribution in [0.15, 0.2) is 23.1 Å². The highest BCUT2D eigenvalue weighted by molar-refractivity contribution is 7.89. The molecule has 0 saturated carbocycles. The van der Waals surface area contributed by atoms with Gasteiger partial charge in [-0.25, -0.2) is 8.42 Å². The standard InChI is InChI=1S/C15H20N2O3S/c1-12(18)16-7-9-17(10-8-16)21(19,20)15-6-5-13-3-2-4-14(13)11-15/h5-6,11H,2-4,7-10H2,1H3. The summed E-state index contributed by atoms with van der Waals surface area (Å²) >= 11 is 0. The van der Waals surface area contributed by atoms with Crippen LogP contribution >= 0.6 is 0 Å². The first-order chi connectivity index (χ1) is 9.98. The van der Waals surface area contributed by atoms with Gasteiger partial charge in [0, 0.05) is 33.1 Å². The summed E-state index contributed by atoms with van der Waals surface area (Å²) in [4.78, 5) is 13.4. The van der Waals surface area contributed by atoms with E-state index in [0.717, 1.165) is 19.3 Å². The molecule has 2 aliphatic rings. The smallest absolute Gasteiger partial charge is 0.243 e. The lowest BCUT2D eigenvalue weighted by Crippen LogP contribution is -2.49. The Morgan fingerprint density at radius 1 is 1.05 bits per heavy atom. The lowest BCUT2D eigenvalue weighted by molar-refractivity contribution is -0.129. The Morgan fingerprint density at radius 3 is 2.38 bits per heavy atom. The van der Waals surface area contributed by atoms with Crippen LogP contribution in [0.3, 0.4) is 0 Å². The summed E-state index contributed by atoms with van der Waals surface area (Å²) in [5, 5.41) is 0. The van der Waals surface area contributed by atoms with Crippen molar-refractivity contribution in [2.45, 2.75) is 31.1 Å². The van der Waals surface area contributed by atoms with Crippen molar-refractivity contribution in [2.24, 2.45) is 0 Å². The quantitative estimate of drug-likeness (QED) is 0.820. The molecule has 0 aromatic heterocycles. The number of fused-ring (bicyclic) bond motifs is 1. The molecule has 0 N–H and O–H groups in total. The molecular formula is C15H20N2O3S. The van der Waals surface area contributed by atoms with Gasteiger partial charge in [0.1, 0.15) is 0 Å². The Morgan fingerprint density at radius 2 is 1.71 bits per heavy atom. The molecule has 3 rings (SSSR count). The zero-order chi connectivity index (χ0) is 15.0. The molecule has 0 bridgehead atoms. The van der Waals surface area contributed by atoms with Gasteiger partial charge >= 0.3 is 0 Å². The third-order valence-electron chi connectivity index (χ3n) is 4.39. The maximum Gasteiger partial charge on any atom is 0.243 e. The summed E-state index contributed by atoms with van der Waals surface area (Å²) in [5.74, 6) is 0.00424. The van der Waals surface area contributed by atoms with Crippen LogP contribution in [0, 0.1) is 0 Å². The maximum absolute atomic E-state index is 12.7. The Bertz CT molecular complexity index is 661. The molecular weight excluding hydrogens is 288 g/mol. The molecule has 0 atom stereocenters. The summed E-state index contributed by atoms with van der Waals surface area (Å²) in [6.07, 6.45) is 3.12. The van der Waals surface area contributed by atoms with Crippen LogP contribution in [0.25, 0.3) is 0 Å². The molecule has 1 aromatic rings. The molecule has 1 amide bonds. The normalized spacial score (nSPS) is 19.6. The highest BCUT2D eigenvalue weighted by Gasteiger charge is 2.29. The van der Waals surface area contributed by atoms with Crippen LogP contribution in [0.5, 0.6) is 0 Å². The van der Waals surface area contributed by atoms with Crippen molar-refractivity contribution in [1.29, 1.82) is 0 Å². The molecule has 1 aliphatic heterocycles. The maximum atomic E-state index is 12.7. The number of aryl methyl sites for hydroxylation is 2. The second-order valence-electron chi connectivity index (χ2n) is 5.69. The number of nitrogens with zero attached hydrogens (tertiary/aromatic N) is 2. The summed E-state index contributed by atoms with van der Waals surface area (Å²) in [5.41, 5.74) is 2.44. The Balaban J connectivity index is 1.80. The van der Waals surface area contributed by atoms with Gasteiger partial charge in [0.2, 0.25) is 15.9 Å². The van der Waals surface area contributed by atoms with E-state index in [2.05, 4.69) is 0 Å². The molecule has 5 nitrogen and oxygen atoms in total. The second kappa shape index (κ2) is 5.42. The van der Waals surface area contributed by atoms with Crippen molar-refractivity contribution in [2.75, 3.05) is 26.2 Å². The minimum atomic E-state index is -3.44. The first-order valence-corrected chi connectivity index (χ1v) is 8.80. The lowest BCUT2D eigenvalue weighted by Gasteiger charge is -2.33. The predicted octanol–water partition coefficient (Wildman–Crippen LogP) is 1.03. The van der Waals surface area contributed by atoms with Gasteiger partial charge in [-0.2, -0.15) is 4.31 Å². The first-order valence-electron chi connectivity index (χ1n) is 7.36. The minimum absolute atomic E-state index is 0.00424. The van der Waals surface area contributed by atoms with Gasteiger partial charge in [-0.1, -0.05) is 6.07 Å². The molecule has 1 fully saturated rings. The van der Waals surface area contributed by atoms with Crippen molar-refractivity contribution < 1.29 is 13.2 Å². The molecule has 21 heavy (non-hydrogen) atoms. The zero-order valence-electron chi connectivity index (χ0n) is 12.2. The highest BCUT2D eigenvalue weighted by Crippen LogP contribution is 2.26. The third-order valence-corrected chi connectivity index (χ3v) is 6.29. The number of rotatable bonds is 2. The van der Waals surface area contributed by atoms with Gasteiger partial charge in [-0.05, 0) is 42.5 Å². The molecule has 0 radical (unpaired) electrons. The van der Waals surface area contributed by atoms with Gasteiger partial charge in [0.25, 0.3) is 0 Å². The third kappa shape index (κ3) is 2.70. The van der Waals surface area contributed by atoms with E-state index in [0.29, 0.717) is 31.1 Å². The number of sulfonamides is 1. The van der Waals surface area contributed by atoms with E-state index in [-0.39, 0.29) is 5.91 Å². The van der Waals surface area contributed by atoms with E-state index in [1.807, 2.05) is 12.1 Å². The van der Waals surface area contributed by atoms with E-state index in [9.17, 15) is 13.2 Å². The Hall–Kier alpha value is -1.40. The fourth-order valence-electron chi connectivity index (χ4n) is 3.10. The van der Waals surface area contributed by atoms with Crippen molar-refractivity contribution >= 4 is 15.9 Å². The van der Waals surface area contributed by atoms with Crippen molar-refractivity contribution in [3.05, 3.63) is 29.3 Å². The van der Waals surface area contributed by atoms with Gasteiger partial charge in [0.05, 0.1) is 4.90 Å². The highest BCUT2D eigenvalue weighted by atomic mass is 32.2. The van der Waals surface area contributed by atoms with Gasteiger partial charge < -0.3 is 4.90 Å². The monoisotopic (exact) mass is 308 g/mol. The van der Waals surface area contributed by atoms with Crippen LogP contribution in [0.4, 0.5) is 0 Å². The average molecular weight is 308 g/mol. The number of carbonyl (C=O) groups is 1. The fourth-order valence-corrected chi connectivity index (χ4v) is 4.57. The lowest BCUT2D eigenvalue weighted by atomic mass is 10.1. The molecule has 6 heteroatoms. The largest absolute Gasteiger partial charge is 0.340 e. The molecule has 0 spiro atoms. The summed E-state index contributed by atoms with van der Waals surface area (Å²) in [7, 11) is -3.44. The van der Waals surface area contributed by atoms with Gasteiger partial charge in [-0.15, -0.1) is 0 Å². The average Bonchev–Trinajstić information content (AvgIpc) is 2.94. The van der Waals surface area contributed by atoms with Gasteiger partial charge in [-0.3, -0.25) is 4.79 Å². The summed E-state index contributed by atoms with van der Waals surface area (Å²) in [6, 6.07) is 5.49. The number of hydrogen-bond donors (Lipinski definition) is 0. The Kier molecular flexibility index (Phi) is 3.75. The van der Waals surface area contributed by atoms with Crippen molar-refractivity contribution in [3.8, 4) is 0 Å². The van der Waals surface area contributed by atoms with Crippen molar-refractivity contribution in [3.63, 3.8) is 0 Å². The van der Waals surface area contributed by atoms with Crippen LogP contribution in [0.1, 0.15) is 24.5 Å². The van der Waals surface area contributed by atoms with Crippen molar-refractivity contribution in [1.82, 2.24) is 9.21 Å². The van der Waals surface area contributed by atoms with E-state index in [1.165, 1.54) is 22.4 Å². The molecule has 114 valence electrons. The topological polar surface area (TPSA) is 57.7 Å². The van der Waals surface area contributed by atoms with E-state index in [1.54, 1.807) is 11.0 Å². The molecule has 1 saturated heterocycles. The first kappa shape index (κ1) is 14.5. The number of hydrogen-bond acceptors (Lipinski definition) is 3. The van der Waals surface area contributed by atoms with E-state index < -0.39 is 10.0 Å². The molecule has 0 unspecified atom stereocenters. The number of carbonyl (C=O) groups excluding carboxylic acids is 1. The van der Waals surface area contributed by atoms with Crippen LogP contribution < -0.4 is 0 Å². The molecule has 1 aliphatic carbocycles. The van der Waals surface area contributed by atoms with Crippen LogP contribution in [-0.2, 0) is 27.7 Å². The minimum Gasteiger partial charge on any atom is -0.340 e. The van der Waals surface area contributed by atoms with E-state index in [4.69, 9.17) is 0 Å². The van der Waals surface area contributed by atoms with E-state index >= 15 is 0 Å². The Labute approximate surface area is 125 Å². The SMILES string of the molecule is CC(=O)N1CCN(S(=O)(=O)c2ccc3c(c2)CCC3)CC1. The number of amides is 1. The molecule has 1 aromatic carbocycles. The van der Waals surface area contributed by atoms with Crippen LogP contribution in [0.2, 0.25) is 0 Å². The predicted molar refractivity (Wildman–Crippen MR) is 79.5 cm³/mol. The summed E-state index contributed by atoms with van der Waals surface area (Å²) < 4.78 is 26.9. The number of piperazine rings is 1. The summed E-state index contributed by atoms with van der Waals surface area (Å²) in [6.45, 7) is 3.21.